The number of hydrogen-bond donors (Lipinski definition) is 0. The van der Waals surface area contributed by atoms with Crippen molar-refractivity contribution < 1.29 is 4.39 Å². The molecule has 2 rings (SSSR count). The van der Waals surface area contributed by atoms with Crippen LogP contribution in [0.25, 0.3) is 11.1 Å². The first-order valence-electron chi connectivity index (χ1n) is 4.77. The van der Waals surface area contributed by atoms with E-state index in [2.05, 4.69) is 0 Å². The maximum atomic E-state index is 13.2. The second-order valence-corrected chi connectivity index (χ2v) is 4.25. The third-order valence-electron chi connectivity index (χ3n) is 2.34. The van der Waals surface area contributed by atoms with Crippen LogP contribution in [-0.4, -0.2) is 0 Å². The zero-order chi connectivity index (χ0) is 12.4. The van der Waals surface area contributed by atoms with Crippen LogP contribution in [0.5, 0.6) is 0 Å². The molecule has 0 aliphatic rings. The van der Waals surface area contributed by atoms with Gasteiger partial charge in [0.2, 0.25) is 0 Å². The van der Waals surface area contributed by atoms with Crippen molar-refractivity contribution in [1.29, 1.82) is 5.26 Å². The van der Waals surface area contributed by atoms with Crippen LogP contribution in [0.1, 0.15) is 5.56 Å². The Morgan fingerprint density at radius 1 is 0.941 bits per heavy atom. The molecule has 0 aliphatic carbocycles. The molecule has 2 aromatic rings. The van der Waals surface area contributed by atoms with Crippen LogP contribution < -0.4 is 0 Å². The largest absolute Gasteiger partial charge is 0.206 e. The van der Waals surface area contributed by atoms with Gasteiger partial charge in [-0.05, 0) is 35.4 Å². The summed E-state index contributed by atoms with van der Waals surface area (Å²) in [6.45, 7) is 0. The summed E-state index contributed by atoms with van der Waals surface area (Å²) in [6.07, 6.45) is 0. The molecule has 0 spiro atoms. The molecule has 0 saturated carbocycles. The van der Waals surface area contributed by atoms with Gasteiger partial charge in [0, 0.05) is 0 Å². The number of nitriles is 1. The van der Waals surface area contributed by atoms with E-state index in [0.29, 0.717) is 10.0 Å². The zero-order valence-electron chi connectivity index (χ0n) is 8.55. The predicted molar refractivity (Wildman–Crippen MR) is 66.6 cm³/mol. The Hall–Kier alpha value is -1.56. The van der Waals surface area contributed by atoms with Gasteiger partial charge in [0.25, 0.3) is 0 Å². The average Bonchev–Trinajstić information content (AvgIpc) is 2.33. The summed E-state index contributed by atoms with van der Waals surface area (Å²) in [5.41, 5.74) is 1.52. The minimum Gasteiger partial charge on any atom is -0.206 e. The molecule has 0 N–H and O–H groups in total. The molecule has 0 aliphatic heterocycles. The average molecular weight is 266 g/mol. The van der Waals surface area contributed by atoms with E-state index in [1.165, 1.54) is 12.1 Å². The lowest BCUT2D eigenvalue weighted by molar-refractivity contribution is 0.624. The highest BCUT2D eigenvalue weighted by Crippen LogP contribution is 2.29. The van der Waals surface area contributed by atoms with Gasteiger partial charge in [-0.1, -0.05) is 35.3 Å². The minimum absolute atomic E-state index is 0.00794. The Morgan fingerprint density at radius 3 is 2.24 bits per heavy atom. The smallest absolute Gasteiger partial charge is 0.140 e. The van der Waals surface area contributed by atoms with Gasteiger partial charge in [0.05, 0.1) is 15.6 Å². The second-order valence-electron chi connectivity index (χ2n) is 3.44. The highest BCUT2D eigenvalue weighted by atomic mass is 35.5. The first kappa shape index (κ1) is 11.9. The molecule has 0 heterocycles. The number of hydrogen-bond acceptors (Lipinski definition) is 1. The van der Waals surface area contributed by atoms with Crippen molar-refractivity contribution >= 4 is 23.2 Å². The van der Waals surface area contributed by atoms with Gasteiger partial charge >= 0.3 is 0 Å². The Kier molecular flexibility index (Phi) is 3.33. The Morgan fingerprint density at radius 2 is 1.59 bits per heavy atom. The van der Waals surface area contributed by atoms with Crippen LogP contribution in [0.2, 0.25) is 10.0 Å². The topological polar surface area (TPSA) is 23.8 Å². The molecular weight excluding hydrogens is 260 g/mol. The fourth-order valence-electron chi connectivity index (χ4n) is 1.47. The third kappa shape index (κ3) is 2.41. The molecule has 0 unspecified atom stereocenters. The Balaban J connectivity index is 2.54. The van der Waals surface area contributed by atoms with E-state index in [-0.39, 0.29) is 5.56 Å². The fourth-order valence-corrected chi connectivity index (χ4v) is 1.76. The number of benzene rings is 2. The lowest BCUT2D eigenvalue weighted by Gasteiger charge is -2.04. The SMILES string of the molecule is N#Cc1cc(-c2ccc(Cl)c(Cl)c2)ccc1F. The molecule has 0 radical (unpaired) electrons. The van der Waals surface area contributed by atoms with E-state index < -0.39 is 5.82 Å². The van der Waals surface area contributed by atoms with E-state index in [4.69, 9.17) is 28.5 Å². The summed E-state index contributed by atoms with van der Waals surface area (Å²) in [4.78, 5) is 0. The molecule has 0 bridgehead atoms. The first-order chi connectivity index (χ1) is 8.11. The maximum absolute atomic E-state index is 13.2. The molecule has 84 valence electrons. The number of halogens is 3. The molecule has 4 heteroatoms. The Labute approximate surface area is 108 Å². The van der Waals surface area contributed by atoms with Gasteiger partial charge < -0.3 is 0 Å². The number of rotatable bonds is 1. The molecule has 0 fully saturated rings. The van der Waals surface area contributed by atoms with Crippen LogP contribution in [0.3, 0.4) is 0 Å². The zero-order valence-corrected chi connectivity index (χ0v) is 10.1. The summed E-state index contributed by atoms with van der Waals surface area (Å²) in [6, 6.07) is 11.2. The van der Waals surface area contributed by atoms with Crippen molar-refractivity contribution in [3.8, 4) is 17.2 Å². The van der Waals surface area contributed by atoms with E-state index in [1.807, 2.05) is 0 Å². The molecule has 0 aromatic heterocycles. The summed E-state index contributed by atoms with van der Waals surface area (Å²) in [7, 11) is 0. The lowest BCUT2D eigenvalue weighted by atomic mass is 10.0. The van der Waals surface area contributed by atoms with Crippen molar-refractivity contribution in [2.24, 2.45) is 0 Å². The molecular formula is C13H6Cl2FN. The van der Waals surface area contributed by atoms with E-state index in [9.17, 15) is 4.39 Å². The minimum atomic E-state index is -0.531. The molecule has 0 saturated heterocycles. The van der Waals surface area contributed by atoms with Crippen molar-refractivity contribution in [2.75, 3.05) is 0 Å². The van der Waals surface area contributed by atoms with Gasteiger partial charge in [-0.3, -0.25) is 0 Å². The van der Waals surface area contributed by atoms with Crippen LogP contribution in [-0.2, 0) is 0 Å². The van der Waals surface area contributed by atoms with E-state index >= 15 is 0 Å². The van der Waals surface area contributed by atoms with Crippen molar-refractivity contribution in [3.63, 3.8) is 0 Å². The summed E-state index contributed by atoms with van der Waals surface area (Å²) < 4.78 is 13.2. The van der Waals surface area contributed by atoms with E-state index in [0.717, 1.165) is 11.1 Å². The predicted octanol–water partition coefficient (Wildman–Crippen LogP) is 4.67. The molecule has 1 nitrogen and oxygen atoms in total. The summed E-state index contributed by atoms with van der Waals surface area (Å²) in [5.74, 6) is -0.531. The summed E-state index contributed by atoms with van der Waals surface area (Å²) in [5, 5.41) is 9.63. The molecule has 17 heavy (non-hydrogen) atoms. The van der Waals surface area contributed by atoms with Crippen molar-refractivity contribution in [3.05, 3.63) is 57.8 Å². The van der Waals surface area contributed by atoms with Gasteiger partial charge in [-0.15, -0.1) is 0 Å². The van der Waals surface area contributed by atoms with Crippen molar-refractivity contribution in [2.45, 2.75) is 0 Å². The third-order valence-corrected chi connectivity index (χ3v) is 3.08. The standard InChI is InChI=1S/C13H6Cl2FN/c14-11-3-1-9(6-12(11)15)8-2-4-13(16)10(5-8)7-17/h1-6H. The van der Waals surface area contributed by atoms with Gasteiger partial charge in [0.15, 0.2) is 0 Å². The van der Waals surface area contributed by atoms with Gasteiger partial charge in [-0.2, -0.15) is 5.26 Å². The normalized spacial score (nSPS) is 10.0. The molecule has 2 aromatic carbocycles. The highest BCUT2D eigenvalue weighted by Gasteiger charge is 2.06. The highest BCUT2D eigenvalue weighted by molar-refractivity contribution is 6.42. The molecule has 0 atom stereocenters. The second kappa shape index (κ2) is 4.75. The van der Waals surface area contributed by atoms with Crippen LogP contribution in [0.4, 0.5) is 4.39 Å². The van der Waals surface area contributed by atoms with Gasteiger partial charge in [-0.25, -0.2) is 4.39 Å². The Bertz CT molecular complexity index is 617. The first-order valence-corrected chi connectivity index (χ1v) is 5.52. The van der Waals surface area contributed by atoms with E-state index in [1.54, 1.807) is 30.3 Å². The van der Waals surface area contributed by atoms with Crippen molar-refractivity contribution in [1.82, 2.24) is 0 Å². The van der Waals surface area contributed by atoms with Gasteiger partial charge in [0.1, 0.15) is 11.9 Å². The van der Waals surface area contributed by atoms with Crippen LogP contribution in [0.15, 0.2) is 36.4 Å². The quantitative estimate of drug-likeness (QED) is 0.735. The lowest BCUT2D eigenvalue weighted by Crippen LogP contribution is -1.85. The van der Waals surface area contributed by atoms with Crippen LogP contribution in [0, 0.1) is 17.1 Å². The maximum Gasteiger partial charge on any atom is 0.140 e. The summed E-state index contributed by atoms with van der Waals surface area (Å²) >= 11 is 11.7. The fraction of sp³-hybridized carbons (Fsp3) is 0. The van der Waals surface area contributed by atoms with Crippen LogP contribution >= 0.6 is 23.2 Å². The number of nitrogens with zero attached hydrogens (tertiary/aromatic N) is 1. The monoisotopic (exact) mass is 265 g/mol. The molecule has 0 amide bonds.